The molecule has 96 valence electrons. The van der Waals surface area contributed by atoms with E-state index in [0.717, 1.165) is 12.0 Å². The smallest absolute Gasteiger partial charge is 0.312 e. The number of nitrogens with two attached hydrogens (primary N) is 1. The molecule has 1 heterocycles. The van der Waals surface area contributed by atoms with Gasteiger partial charge in [0.1, 0.15) is 0 Å². The summed E-state index contributed by atoms with van der Waals surface area (Å²) in [5, 5.41) is 10.5. The quantitative estimate of drug-likeness (QED) is 0.417. The highest BCUT2D eigenvalue weighted by Crippen LogP contribution is 2.21. The van der Waals surface area contributed by atoms with Crippen molar-refractivity contribution in [2.45, 2.75) is 25.0 Å². The van der Waals surface area contributed by atoms with Crippen LogP contribution >= 0.6 is 0 Å². The molecule has 2 rings (SSSR count). The Morgan fingerprint density at radius 2 is 2.17 bits per heavy atom. The van der Waals surface area contributed by atoms with E-state index in [0.29, 0.717) is 13.0 Å². The van der Waals surface area contributed by atoms with E-state index in [-0.39, 0.29) is 18.2 Å². The molecular weight excluding hydrogens is 230 g/mol. The molecule has 1 atom stereocenters. The zero-order valence-electron chi connectivity index (χ0n) is 10.1. The van der Waals surface area contributed by atoms with E-state index in [9.17, 15) is 4.79 Å². The van der Waals surface area contributed by atoms with Crippen molar-refractivity contribution in [2.75, 3.05) is 6.54 Å². The summed E-state index contributed by atoms with van der Waals surface area (Å²) in [6.07, 6.45) is 1.60. The Bertz CT molecular complexity index is 439. The first-order valence-electron chi connectivity index (χ1n) is 5.98. The SMILES string of the molecule is N=C(N)C1(OC(=O)Cc2ccccc2)CCCN1. The number of nitrogens with one attached hydrogen (secondary N) is 2. The van der Waals surface area contributed by atoms with Gasteiger partial charge in [0, 0.05) is 6.42 Å². The van der Waals surface area contributed by atoms with Gasteiger partial charge in [0.2, 0.25) is 5.72 Å². The lowest BCUT2D eigenvalue weighted by molar-refractivity contribution is -0.153. The van der Waals surface area contributed by atoms with Gasteiger partial charge in [-0.3, -0.25) is 15.5 Å². The highest BCUT2D eigenvalue weighted by Gasteiger charge is 2.40. The third kappa shape index (κ3) is 2.68. The van der Waals surface area contributed by atoms with E-state index in [2.05, 4.69) is 5.32 Å². The first kappa shape index (κ1) is 12.6. The number of ether oxygens (including phenoxy) is 1. The molecule has 0 spiro atoms. The highest BCUT2D eigenvalue weighted by atomic mass is 16.6. The minimum Gasteiger partial charge on any atom is -0.436 e. The van der Waals surface area contributed by atoms with Gasteiger partial charge in [0.15, 0.2) is 5.84 Å². The molecule has 18 heavy (non-hydrogen) atoms. The number of carbonyl (C=O) groups excluding carboxylic acids is 1. The summed E-state index contributed by atoms with van der Waals surface area (Å²) in [6.45, 7) is 0.707. The molecule has 1 aliphatic rings. The Hall–Kier alpha value is -1.88. The van der Waals surface area contributed by atoms with Crippen molar-refractivity contribution in [1.29, 1.82) is 5.41 Å². The summed E-state index contributed by atoms with van der Waals surface area (Å²) >= 11 is 0. The highest BCUT2D eigenvalue weighted by molar-refractivity contribution is 5.88. The number of rotatable bonds is 4. The van der Waals surface area contributed by atoms with Crippen molar-refractivity contribution in [1.82, 2.24) is 5.32 Å². The number of esters is 1. The normalized spacial score (nSPS) is 22.7. The summed E-state index contributed by atoms with van der Waals surface area (Å²) in [5.74, 6) is -0.507. The Morgan fingerprint density at radius 3 is 2.72 bits per heavy atom. The van der Waals surface area contributed by atoms with Crippen LogP contribution < -0.4 is 11.1 Å². The van der Waals surface area contributed by atoms with E-state index in [1.165, 1.54) is 0 Å². The fourth-order valence-electron chi connectivity index (χ4n) is 2.08. The van der Waals surface area contributed by atoms with Gasteiger partial charge in [0.05, 0.1) is 6.42 Å². The fraction of sp³-hybridized carbons (Fsp3) is 0.385. The van der Waals surface area contributed by atoms with Gasteiger partial charge in [-0.25, -0.2) is 0 Å². The summed E-state index contributed by atoms with van der Waals surface area (Å²) in [7, 11) is 0. The van der Waals surface area contributed by atoms with Gasteiger partial charge in [-0.15, -0.1) is 0 Å². The third-order valence-corrected chi connectivity index (χ3v) is 3.03. The van der Waals surface area contributed by atoms with Crippen LogP contribution in [0.5, 0.6) is 0 Å². The predicted octanol–water partition coefficient (Wildman–Crippen LogP) is 0.788. The molecule has 5 nitrogen and oxygen atoms in total. The van der Waals surface area contributed by atoms with Crippen LogP contribution in [0.1, 0.15) is 18.4 Å². The summed E-state index contributed by atoms with van der Waals surface area (Å²) in [6, 6.07) is 9.37. The standard InChI is InChI=1S/C13H17N3O2/c14-12(15)13(7-4-8-16-13)18-11(17)9-10-5-2-1-3-6-10/h1-3,5-6,16H,4,7-9H2,(H3,14,15). The van der Waals surface area contributed by atoms with Crippen LogP contribution in [0.2, 0.25) is 0 Å². The average molecular weight is 247 g/mol. The number of hydrogen-bond donors (Lipinski definition) is 3. The molecule has 1 aromatic carbocycles. The van der Waals surface area contributed by atoms with E-state index >= 15 is 0 Å². The molecule has 0 amide bonds. The minimum atomic E-state index is -1.09. The number of amidine groups is 1. The molecule has 0 aromatic heterocycles. The largest absolute Gasteiger partial charge is 0.436 e. The van der Waals surface area contributed by atoms with Gasteiger partial charge in [-0.1, -0.05) is 30.3 Å². The average Bonchev–Trinajstić information content (AvgIpc) is 2.80. The number of hydrogen-bond acceptors (Lipinski definition) is 4. The molecule has 0 saturated carbocycles. The lowest BCUT2D eigenvalue weighted by Crippen LogP contribution is -2.54. The van der Waals surface area contributed by atoms with Crippen LogP contribution in [0, 0.1) is 5.41 Å². The van der Waals surface area contributed by atoms with Crippen molar-refractivity contribution in [3.05, 3.63) is 35.9 Å². The topological polar surface area (TPSA) is 88.2 Å². The minimum absolute atomic E-state index is 0.138. The maximum absolute atomic E-state index is 11.9. The van der Waals surface area contributed by atoms with Gasteiger partial charge < -0.3 is 10.5 Å². The molecule has 4 N–H and O–H groups in total. The lowest BCUT2D eigenvalue weighted by Gasteiger charge is -2.27. The van der Waals surface area contributed by atoms with E-state index in [1.54, 1.807) is 0 Å². The maximum Gasteiger partial charge on any atom is 0.312 e. The molecule has 1 saturated heterocycles. The molecule has 1 fully saturated rings. The second-order valence-corrected chi connectivity index (χ2v) is 4.41. The van der Waals surface area contributed by atoms with E-state index in [1.807, 2.05) is 30.3 Å². The van der Waals surface area contributed by atoms with Gasteiger partial charge in [-0.2, -0.15) is 0 Å². The molecule has 1 aromatic rings. The second kappa shape index (κ2) is 5.18. The van der Waals surface area contributed by atoms with Crippen LogP contribution in [0.25, 0.3) is 0 Å². The molecular formula is C13H17N3O2. The van der Waals surface area contributed by atoms with Crippen molar-refractivity contribution in [3.8, 4) is 0 Å². The first-order chi connectivity index (χ1) is 8.62. The van der Waals surface area contributed by atoms with Gasteiger partial charge in [-0.05, 0) is 18.5 Å². The number of benzene rings is 1. The molecule has 0 aliphatic carbocycles. The summed E-state index contributed by atoms with van der Waals surface area (Å²) in [4.78, 5) is 11.9. The zero-order chi connectivity index (χ0) is 13.0. The third-order valence-electron chi connectivity index (χ3n) is 3.03. The van der Waals surface area contributed by atoms with Crippen LogP contribution in [0.3, 0.4) is 0 Å². The van der Waals surface area contributed by atoms with Gasteiger partial charge in [0.25, 0.3) is 0 Å². The Morgan fingerprint density at radius 1 is 1.44 bits per heavy atom. The van der Waals surface area contributed by atoms with Crippen molar-refractivity contribution >= 4 is 11.8 Å². The van der Waals surface area contributed by atoms with Gasteiger partial charge >= 0.3 is 5.97 Å². The number of carbonyl (C=O) groups is 1. The Balaban J connectivity index is 2.00. The van der Waals surface area contributed by atoms with Crippen molar-refractivity contribution in [3.63, 3.8) is 0 Å². The summed E-state index contributed by atoms with van der Waals surface area (Å²) in [5.41, 5.74) is 5.31. The predicted molar refractivity (Wildman–Crippen MR) is 68.1 cm³/mol. The van der Waals surface area contributed by atoms with Crippen LogP contribution in [-0.2, 0) is 16.0 Å². The lowest BCUT2D eigenvalue weighted by atomic mass is 10.1. The van der Waals surface area contributed by atoms with Crippen LogP contribution in [0.4, 0.5) is 0 Å². The molecule has 0 bridgehead atoms. The molecule has 1 aliphatic heterocycles. The Kier molecular flexibility index (Phi) is 3.62. The van der Waals surface area contributed by atoms with E-state index in [4.69, 9.17) is 15.9 Å². The zero-order valence-corrected chi connectivity index (χ0v) is 10.1. The monoisotopic (exact) mass is 247 g/mol. The van der Waals surface area contributed by atoms with Crippen LogP contribution in [-0.4, -0.2) is 24.1 Å². The molecule has 5 heteroatoms. The van der Waals surface area contributed by atoms with Crippen molar-refractivity contribution in [2.24, 2.45) is 5.73 Å². The molecule has 1 unspecified atom stereocenters. The summed E-state index contributed by atoms with van der Waals surface area (Å²) < 4.78 is 5.36. The molecule has 0 radical (unpaired) electrons. The fourth-order valence-corrected chi connectivity index (χ4v) is 2.08. The van der Waals surface area contributed by atoms with Crippen molar-refractivity contribution < 1.29 is 9.53 Å². The first-order valence-corrected chi connectivity index (χ1v) is 5.98. The van der Waals surface area contributed by atoms with E-state index < -0.39 is 5.72 Å². The van der Waals surface area contributed by atoms with Crippen LogP contribution in [0.15, 0.2) is 30.3 Å². The Labute approximate surface area is 106 Å². The second-order valence-electron chi connectivity index (χ2n) is 4.41. The maximum atomic E-state index is 11.9.